The zero-order chi connectivity index (χ0) is 18.2. The molecule has 0 aliphatic carbocycles. The van der Waals surface area contributed by atoms with Gasteiger partial charge in [-0.15, -0.1) is 0 Å². The van der Waals surface area contributed by atoms with Crippen molar-refractivity contribution in [2.24, 2.45) is 0 Å². The van der Waals surface area contributed by atoms with E-state index >= 15 is 0 Å². The van der Waals surface area contributed by atoms with Crippen molar-refractivity contribution in [2.75, 3.05) is 31.2 Å². The lowest BCUT2D eigenvalue weighted by Crippen LogP contribution is -2.27. The fraction of sp³-hybridized carbons (Fsp3) is 0.350. The first kappa shape index (κ1) is 16.2. The zero-order valence-electron chi connectivity index (χ0n) is 14.7. The summed E-state index contributed by atoms with van der Waals surface area (Å²) >= 11 is 0. The number of nitriles is 1. The summed E-state index contributed by atoms with van der Waals surface area (Å²) in [6.07, 6.45) is 1.86. The third-order valence-corrected chi connectivity index (χ3v) is 5.27. The molecule has 3 aromatic rings. The van der Waals surface area contributed by atoms with Gasteiger partial charge >= 0.3 is 0 Å². The molecule has 7 heteroatoms. The lowest BCUT2D eigenvalue weighted by molar-refractivity contribution is -0.00461. The molecular weight excluding hydrogens is 342 g/mol. The number of hydrogen-bond donors (Lipinski definition) is 0. The van der Waals surface area contributed by atoms with Gasteiger partial charge in [0, 0.05) is 13.1 Å². The van der Waals surface area contributed by atoms with Crippen molar-refractivity contribution in [3.8, 4) is 6.07 Å². The Labute approximate surface area is 156 Å². The molecule has 27 heavy (non-hydrogen) atoms. The molecule has 2 saturated heterocycles. The van der Waals surface area contributed by atoms with E-state index in [4.69, 9.17) is 14.7 Å². The van der Waals surface area contributed by atoms with E-state index in [1.165, 1.54) is 0 Å². The molecule has 2 aliphatic rings. The monoisotopic (exact) mass is 361 g/mol. The summed E-state index contributed by atoms with van der Waals surface area (Å²) in [6.45, 7) is 2.59. The quantitative estimate of drug-likeness (QED) is 0.696. The van der Waals surface area contributed by atoms with Crippen LogP contribution in [0.4, 0.5) is 5.82 Å². The average Bonchev–Trinajstić information content (AvgIpc) is 3.28. The fourth-order valence-corrected chi connectivity index (χ4v) is 3.86. The Morgan fingerprint density at radius 3 is 2.56 bits per heavy atom. The van der Waals surface area contributed by atoms with E-state index in [1.54, 1.807) is 6.07 Å². The highest BCUT2D eigenvalue weighted by Crippen LogP contribution is 2.28. The van der Waals surface area contributed by atoms with E-state index in [2.05, 4.69) is 31.6 Å². The van der Waals surface area contributed by atoms with E-state index in [0.717, 1.165) is 16.9 Å². The standard InChI is InChI=1S/C20H19N5O2/c21-8-14-4-3-7-20(23-14)24-9-18-19(10-24)27-12-15(11-26-18)25-13-22-16-5-1-2-6-17(16)25/h1-7,13,15,18-19H,9-12H2/t18-,19-/m0/s1. The normalized spacial score (nSPS) is 23.1. The molecule has 0 bridgehead atoms. The Hall–Kier alpha value is -2.95. The molecular formula is C20H19N5O2. The largest absolute Gasteiger partial charge is 0.371 e. The summed E-state index contributed by atoms with van der Waals surface area (Å²) in [7, 11) is 0. The fourth-order valence-electron chi connectivity index (χ4n) is 3.86. The van der Waals surface area contributed by atoms with Gasteiger partial charge in [-0.3, -0.25) is 0 Å². The van der Waals surface area contributed by atoms with Gasteiger partial charge < -0.3 is 18.9 Å². The first-order chi connectivity index (χ1) is 13.3. The molecule has 2 atom stereocenters. The van der Waals surface area contributed by atoms with Crippen LogP contribution in [0.1, 0.15) is 11.7 Å². The molecule has 7 nitrogen and oxygen atoms in total. The van der Waals surface area contributed by atoms with Crippen LogP contribution in [-0.4, -0.2) is 53.0 Å². The molecule has 0 amide bonds. The summed E-state index contributed by atoms with van der Waals surface area (Å²) < 4.78 is 14.6. The maximum Gasteiger partial charge on any atom is 0.142 e. The Morgan fingerprint density at radius 2 is 1.78 bits per heavy atom. The SMILES string of the molecule is N#Cc1cccc(N2C[C@@H]3OCC(n4cnc5ccccc54)CO[C@H]3C2)n1. The maximum absolute atomic E-state index is 9.06. The summed E-state index contributed by atoms with van der Waals surface area (Å²) in [5, 5.41) is 9.06. The molecule has 0 N–H and O–H groups in total. The molecule has 136 valence electrons. The van der Waals surface area contributed by atoms with Gasteiger partial charge in [-0.05, 0) is 24.3 Å². The summed E-state index contributed by atoms with van der Waals surface area (Å²) in [5.41, 5.74) is 2.51. The third kappa shape index (κ3) is 2.93. The van der Waals surface area contributed by atoms with E-state index in [9.17, 15) is 0 Å². The average molecular weight is 361 g/mol. The van der Waals surface area contributed by atoms with E-state index in [-0.39, 0.29) is 18.2 Å². The van der Waals surface area contributed by atoms with E-state index in [0.29, 0.717) is 32.0 Å². The van der Waals surface area contributed by atoms with Crippen molar-refractivity contribution in [3.63, 3.8) is 0 Å². The summed E-state index contributed by atoms with van der Waals surface area (Å²) in [4.78, 5) is 11.0. The van der Waals surface area contributed by atoms with Gasteiger partial charge in [0.05, 0.1) is 36.6 Å². The van der Waals surface area contributed by atoms with Gasteiger partial charge in [-0.2, -0.15) is 5.26 Å². The van der Waals surface area contributed by atoms with Crippen molar-refractivity contribution in [3.05, 3.63) is 54.5 Å². The molecule has 0 unspecified atom stereocenters. The molecule has 4 heterocycles. The first-order valence-corrected chi connectivity index (χ1v) is 9.09. The molecule has 0 saturated carbocycles. The molecule has 2 fully saturated rings. The summed E-state index contributed by atoms with van der Waals surface area (Å²) in [6, 6.07) is 15.8. The number of hydrogen-bond acceptors (Lipinski definition) is 6. The molecule has 1 aromatic carbocycles. The maximum atomic E-state index is 9.06. The molecule has 5 rings (SSSR count). The number of fused-ring (bicyclic) bond motifs is 2. The van der Waals surface area contributed by atoms with Crippen LogP contribution >= 0.6 is 0 Å². The second kappa shape index (κ2) is 6.65. The minimum Gasteiger partial charge on any atom is -0.371 e. The second-order valence-corrected chi connectivity index (χ2v) is 6.94. The molecule has 0 spiro atoms. The van der Waals surface area contributed by atoms with Gasteiger partial charge in [0.25, 0.3) is 0 Å². The van der Waals surface area contributed by atoms with Gasteiger partial charge in [0.1, 0.15) is 29.8 Å². The Balaban J connectivity index is 1.31. The lowest BCUT2D eigenvalue weighted by atomic mass is 10.2. The van der Waals surface area contributed by atoms with Crippen LogP contribution in [0, 0.1) is 11.3 Å². The van der Waals surface area contributed by atoms with Crippen molar-refractivity contribution < 1.29 is 9.47 Å². The highest BCUT2D eigenvalue weighted by molar-refractivity contribution is 5.75. The number of rotatable bonds is 2. The van der Waals surface area contributed by atoms with Crippen molar-refractivity contribution in [1.82, 2.24) is 14.5 Å². The lowest BCUT2D eigenvalue weighted by Gasteiger charge is -2.20. The Morgan fingerprint density at radius 1 is 1.00 bits per heavy atom. The number of nitrogens with zero attached hydrogens (tertiary/aromatic N) is 5. The van der Waals surface area contributed by atoms with Crippen LogP contribution in [0.5, 0.6) is 0 Å². The van der Waals surface area contributed by atoms with Gasteiger partial charge in [0.2, 0.25) is 0 Å². The zero-order valence-corrected chi connectivity index (χ0v) is 14.7. The topological polar surface area (TPSA) is 76.2 Å². The number of para-hydroxylation sites is 2. The van der Waals surface area contributed by atoms with Crippen LogP contribution in [0.15, 0.2) is 48.8 Å². The summed E-state index contributed by atoms with van der Waals surface area (Å²) in [5.74, 6) is 0.798. The number of ether oxygens (including phenoxy) is 2. The van der Waals surface area contributed by atoms with Gasteiger partial charge in [-0.1, -0.05) is 18.2 Å². The van der Waals surface area contributed by atoms with Gasteiger partial charge in [-0.25, -0.2) is 9.97 Å². The minimum absolute atomic E-state index is 0.00247. The predicted molar refractivity (Wildman–Crippen MR) is 99.4 cm³/mol. The Kier molecular flexibility index (Phi) is 4.00. The third-order valence-electron chi connectivity index (χ3n) is 5.27. The van der Waals surface area contributed by atoms with Crippen LogP contribution in [0.3, 0.4) is 0 Å². The predicted octanol–water partition coefficient (Wildman–Crippen LogP) is 2.15. The highest BCUT2D eigenvalue weighted by atomic mass is 16.6. The van der Waals surface area contributed by atoms with E-state index in [1.807, 2.05) is 36.7 Å². The minimum atomic E-state index is -0.00247. The number of benzene rings is 1. The number of aromatic nitrogens is 3. The number of imidazole rings is 1. The second-order valence-electron chi connectivity index (χ2n) is 6.94. The highest BCUT2D eigenvalue weighted by Gasteiger charge is 2.38. The smallest absolute Gasteiger partial charge is 0.142 e. The van der Waals surface area contributed by atoms with Crippen molar-refractivity contribution in [2.45, 2.75) is 18.2 Å². The Bertz CT molecular complexity index is 995. The molecule has 2 aliphatic heterocycles. The van der Waals surface area contributed by atoms with Crippen LogP contribution < -0.4 is 4.90 Å². The van der Waals surface area contributed by atoms with Crippen molar-refractivity contribution in [1.29, 1.82) is 5.26 Å². The van der Waals surface area contributed by atoms with E-state index < -0.39 is 0 Å². The van der Waals surface area contributed by atoms with Crippen molar-refractivity contribution >= 4 is 16.9 Å². The van der Waals surface area contributed by atoms with Crippen LogP contribution in [0.25, 0.3) is 11.0 Å². The number of pyridine rings is 1. The molecule has 2 aromatic heterocycles. The first-order valence-electron chi connectivity index (χ1n) is 9.09. The van der Waals surface area contributed by atoms with Crippen LogP contribution in [0.2, 0.25) is 0 Å². The van der Waals surface area contributed by atoms with Gasteiger partial charge in [0.15, 0.2) is 0 Å². The van der Waals surface area contributed by atoms with Crippen LogP contribution in [-0.2, 0) is 9.47 Å². The molecule has 0 radical (unpaired) electrons. The number of anilines is 1.